The minimum Gasteiger partial charge on any atom is -0.373 e. The minimum atomic E-state index is 0.615. The van der Waals surface area contributed by atoms with Crippen LogP contribution in [0.25, 0.3) is 0 Å². The summed E-state index contributed by atoms with van der Waals surface area (Å²) in [5.41, 5.74) is 2.39. The molecule has 0 atom stereocenters. The van der Waals surface area contributed by atoms with Crippen LogP contribution in [0.5, 0.6) is 0 Å². The van der Waals surface area contributed by atoms with Gasteiger partial charge in [-0.25, -0.2) is 0 Å². The van der Waals surface area contributed by atoms with Crippen LogP contribution in [-0.4, -0.2) is 13.2 Å². The van der Waals surface area contributed by atoms with Gasteiger partial charge in [0.15, 0.2) is 0 Å². The largest absolute Gasteiger partial charge is 0.373 e. The first-order chi connectivity index (χ1) is 9.95. The van der Waals surface area contributed by atoms with E-state index in [2.05, 4.69) is 24.3 Å². The molecule has 20 heavy (non-hydrogen) atoms. The Hall–Kier alpha value is -1.90. The minimum absolute atomic E-state index is 0.615. The summed E-state index contributed by atoms with van der Waals surface area (Å²) in [5.74, 6) is 0. The fraction of sp³-hybridized carbons (Fsp3) is 0.222. The summed E-state index contributed by atoms with van der Waals surface area (Å²) in [6.45, 7) is 2.53. The van der Waals surface area contributed by atoms with Gasteiger partial charge in [0.1, 0.15) is 0 Å². The lowest BCUT2D eigenvalue weighted by Gasteiger charge is -2.02. The van der Waals surface area contributed by atoms with Crippen LogP contribution in [-0.2, 0) is 22.7 Å². The molecule has 104 valence electrons. The Morgan fingerprint density at radius 1 is 0.600 bits per heavy atom. The second-order valence-electron chi connectivity index (χ2n) is 4.47. The molecular weight excluding hydrogens is 248 g/mol. The van der Waals surface area contributed by atoms with Crippen molar-refractivity contribution in [3.63, 3.8) is 0 Å². The maximum absolute atomic E-state index is 5.54. The summed E-state index contributed by atoms with van der Waals surface area (Å²) < 4.78 is 11.1. The Balaban J connectivity index is 1.52. The number of rotatable bonds is 8. The van der Waals surface area contributed by atoms with Crippen LogP contribution < -0.4 is 0 Å². The van der Waals surface area contributed by atoms with Crippen LogP contribution >= 0.6 is 0 Å². The van der Waals surface area contributed by atoms with Crippen LogP contribution in [0.15, 0.2) is 72.8 Å². The molecule has 0 aliphatic heterocycles. The second-order valence-corrected chi connectivity index (χ2v) is 4.47. The van der Waals surface area contributed by atoms with Gasteiger partial charge >= 0.3 is 0 Å². The molecule has 2 heteroatoms. The number of hydrogen-bond donors (Lipinski definition) is 0. The van der Waals surface area contributed by atoms with E-state index < -0.39 is 0 Å². The molecule has 0 fully saturated rings. The molecule has 0 aliphatic carbocycles. The summed E-state index contributed by atoms with van der Waals surface area (Å²) in [6, 6.07) is 20.3. The van der Waals surface area contributed by atoms with E-state index in [1.54, 1.807) is 0 Å². The van der Waals surface area contributed by atoms with Crippen LogP contribution in [0.4, 0.5) is 0 Å². The van der Waals surface area contributed by atoms with Gasteiger partial charge in [0, 0.05) is 0 Å². The van der Waals surface area contributed by atoms with Crippen LogP contribution in [0.1, 0.15) is 11.1 Å². The normalized spacial score (nSPS) is 11.0. The first-order valence-electron chi connectivity index (χ1n) is 6.83. The average molecular weight is 268 g/mol. The number of benzene rings is 2. The number of hydrogen-bond acceptors (Lipinski definition) is 2. The van der Waals surface area contributed by atoms with E-state index in [1.165, 1.54) is 11.1 Å². The molecule has 0 heterocycles. The Labute approximate surface area is 120 Å². The van der Waals surface area contributed by atoms with Gasteiger partial charge in [0.05, 0.1) is 26.4 Å². The molecule has 0 N–H and O–H groups in total. The molecule has 2 nitrogen and oxygen atoms in total. The van der Waals surface area contributed by atoms with Gasteiger partial charge < -0.3 is 9.47 Å². The highest BCUT2D eigenvalue weighted by Crippen LogP contribution is 2.01. The van der Waals surface area contributed by atoms with Crippen molar-refractivity contribution in [2.45, 2.75) is 13.2 Å². The zero-order valence-corrected chi connectivity index (χ0v) is 11.6. The van der Waals surface area contributed by atoms with Crippen molar-refractivity contribution in [3.8, 4) is 0 Å². The van der Waals surface area contributed by atoms with Crippen molar-refractivity contribution in [1.29, 1.82) is 0 Å². The first-order valence-corrected chi connectivity index (χ1v) is 6.83. The summed E-state index contributed by atoms with van der Waals surface area (Å²) >= 11 is 0. The Morgan fingerprint density at radius 2 is 1.00 bits per heavy atom. The molecule has 0 saturated carbocycles. The van der Waals surface area contributed by atoms with Crippen LogP contribution in [0.2, 0.25) is 0 Å². The van der Waals surface area contributed by atoms with E-state index in [0.717, 1.165) is 0 Å². The van der Waals surface area contributed by atoms with Crippen molar-refractivity contribution in [2.24, 2.45) is 0 Å². The monoisotopic (exact) mass is 268 g/mol. The Bertz CT molecular complexity index is 444. The molecule has 0 radical (unpaired) electrons. The fourth-order valence-electron chi connectivity index (χ4n) is 1.77. The van der Waals surface area contributed by atoms with Gasteiger partial charge in [-0.1, -0.05) is 72.8 Å². The van der Waals surface area contributed by atoms with Gasteiger partial charge in [0.25, 0.3) is 0 Å². The predicted molar refractivity (Wildman–Crippen MR) is 81.3 cm³/mol. The zero-order valence-electron chi connectivity index (χ0n) is 11.6. The molecule has 0 saturated heterocycles. The fourth-order valence-corrected chi connectivity index (χ4v) is 1.77. The third kappa shape index (κ3) is 5.83. The molecule has 0 bridgehead atoms. The Kier molecular flexibility index (Phi) is 6.58. The standard InChI is InChI=1S/C18H20O2/c1-3-9-17(10-4-1)15-19-13-7-8-14-20-16-18-11-5-2-6-12-18/h1-12H,13-16H2/b8-7+. The average Bonchev–Trinajstić information content (AvgIpc) is 2.52. The van der Waals surface area contributed by atoms with Gasteiger partial charge in [-0.2, -0.15) is 0 Å². The lowest BCUT2D eigenvalue weighted by molar-refractivity contribution is 0.140. The molecule has 0 amide bonds. The third-order valence-corrected chi connectivity index (χ3v) is 2.82. The van der Waals surface area contributed by atoms with Gasteiger partial charge in [-0.15, -0.1) is 0 Å². The van der Waals surface area contributed by atoms with Gasteiger partial charge in [-0.05, 0) is 11.1 Å². The van der Waals surface area contributed by atoms with Crippen molar-refractivity contribution in [3.05, 3.63) is 83.9 Å². The lowest BCUT2D eigenvalue weighted by Crippen LogP contribution is -1.94. The summed E-state index contributed by atoms with van der Waals surface area (Å²) in [6.07, 6.45) is 3.99. The highest BCUT2D eigenvalue weighted by Gasteiger charge is 1.90. The quantitative estimate of drug-likeness (QED) is 0.532. The van der Waals surface area contributed by atoms with Crippen LogP contribution in [0, 0.1) is 0 Å². The van der Waals surface area contributed by atoms with Crippen molar-refractivity contribution < 1.29 is 9.47 Å². The third-order valence-electron chi connectivity index (χ3n) is 2.82. The zero-order chi connectivity index (χ0) is 13.9. The van der Waals surface area contributed by atoms with Crippen molar-refractivity contribution in [1.82, 2.24) is 0 Å². The highest BCUT2D eigenvalue weighted by molar-refractivity contribution is 5.14. The summed E-state index contributed by atoms with van der Waals surface area (Å²) in [5, 5.41) is 0. The van der Waals surface area contributed by atoms with Crippen molar-refractivity contribution in [2.75, 3.05) is 13.2 Å². The van der Waals surface area contributed by atoms with Crippen LogP contribution in [0.3, 0.4) is 0 Å². The van der Waals surface area contributed by atoms with E-state index in [1.807, 2.05) is 48.6 Å². The van der Waals surface area contributed by atoms with Crippen molar-refractivity contribution >= 4 is 0 Å². The maximum atomic E-state index is 5.54. The summed E-state index contributed by atoms with van der Waals surface area (Å²) in [4.78, 5) is 0. The summed E-state index contributed by atoms with van der Waals surface area (Å²) in [7, 11) is 0. The van der Waals surface area contributed by atoms with E-state index in [4.69, 9.17) is 9.47 Å². The predicted octanol–water partition coefficient (Wildman–Crippen LogP) is 3.98. The highest BCUT2D eigenvalue weighted by atomic mass is 16.5. The first kappa shape index (κ1) is 14.5. The van der Waals surface area contributed by atoms with E-state index in [-0.39, 0.29) is 0 Å². The molecule has 0 aliphatic rings. The molecular formula is C18H20O2. The van der Waals surface area contributed by atoms with E-state index >= 15 is 0 Å². The second kappa shape index (κ2) is 9.08. The maximum Gasteiger partial charge on any atom is 0.0721 e. The Morgan fingerprint density at radius 3 is 1.40 bits per heavy atom. The molecule has 0 spiro atoms. The number of ether oxygens (including phenoxy) is 2. The lowest BCUT2D eigenvalue weighted by atomic mass is 10.2. The molecule has 2 aromatic carbocycles. The molecule has 0 aromatic heterocycles. The van der Waals surface area contributed by atoms with Gasteiger partial charge in [-0.3, -0.25) is 0 Å². The molecule has 0 unspecified atom stereocenters. The smallest absolute Gasteiger partial charge is 0.0721 e. The molecule has 2 rings (SSSR count). The SMILES string of the molecule is C(=C\COCc1ccccc1)/COCc1ccccc1. The van der Waals surface area contributed by atoms with E-state index in [0.29, 0.717) is 26.4 Å². The molecule has 2 aromatic rings. The topological polar surface area (TPSA) is 18.5 Å². The van der Waals surface area contributed by atoms with E-state index in [9.17, 15) is 0 Å². The van der Waals surface area contributed by atoms with Gasteiger partial charge in [0.2, 0.25) is 0 Å².